The lowest BCUT2D eigenvalue weighted by Crippen LogP contribution is -2.46. The standard InChI is InChI=1S/C42H70N9O12P/c1-6-7-8-9-10-11-12-13-14-15-16-17-18-19-20-22-49(32(52)24-28-30(26-57-2)62-39(34(28)58-3)50-23-21-31(43)46-42(50)54)25-29-35(63-64(55,56)60-5)36(59-4)40(61-29)51-27-45-33-37(51)47-41(44)48-38(33)53/h21,23,27-30,34-36,39-40H,6-20,22,24-26H2,1-5H3,(H,55,56)(H2,43,46,54)(H3,44,47,48,53)/p-1/t28?,29-,30-,34?,35?,36?,39-,40-/m1/s1. The van der Waals surface area contributed by atoms with E-state index in [9.17, 15) is 23.8 Å². The second-order valence-corrected chi connectivity index (χ2v) is 18.1. The summed E-state index contributed by atoms with van der Waals surface area (Å²) in [5.74, 6) is -1.02. The number of fused-ring (bicyclic) bond motifs is 1. The Morgan fingerprint density at radius 3 is 2.02 bits per heavy atom. The molecule has 2 saturated heterocycles. The molecule has 64 heavy (non-hydrogen) atoms. The van der Waals surface area contributed by atoms with Gasteiger partial charge < -0.3 is 54.0 Å². The van der Waals surface area contributed by atoms with Crippen LogP contribution in [0.2, 0.25) is 0 Å². The van der Waals surface area contributed by atoms with Crippen LogP contribution >= 0.6 is 7.82 Å². The van der Waals surface area contributed by atoms with Gasteiger partial charge in [0.1, 0.15) is 30.2 Å². The topological polar surface area (TPSA) is 276 Å². The Morgan fingerprint density at radius 2 is 1.44 bits per heavy atom. The molecule has 0 spiro atoms. The second-order valence-electron chi connectivity index (χ2n) is 16.7. The third-order valence-electron chi connectivity index (χ3n) is 12.2. The molecule has 21 nitrogen and oxygen atoms in total. The zero-order valence-electron chi connectivity index (χ0n) is 38.0. The highest BCUT2D eigenvalue weighted by Gasteiger charge is 2.51. The molecule has 0 saturated carbocycles. The van der Waals surface area contributed by atoms with Crippen LogP contribution in [0.3, 0.4) is 0 Å². The molecule has 0 bridgehead atoms. The molecule has 22 heteroatoms. The van der Waals surface area contributed by atoms with Gasteiger partial charge in [-0.2, -0.15) is 9.97 Å². The molecular formula is C42H69N9O12P-. The number of ether oxygens (including phenoxy) is 5. The number of nitrogen functional groups attached to an aromatic ring is 2. The number of carbonyl (C=O) groups excluding carboxylic acids is 1. The van der Waals surface area contributed by atoms with Gasteiger partial charge in [0.05, 0.1) is 19.0 Å². The number of hydrogen-bond donors (Lipinski definition) is 3. The van der Waals surface area contributed by atoms with Crippen molar-refractivity contribution in [2.24, 2.45) is 5.92 Å². The molecule has 2 aliphatic heterocycles. The molecule has 0 aromatic carbocycles. The summed E-state index contributed by atoms with van der Waals surface area (Å²) in [6.07, 6.45) is 13.3. The number of nitrogens with zero attached hydrogens (tertiary/aromatic N) is 6. The fraction of sp³-hybridized carbons (Fsp3) is 0.762. The molecular weight excluding hydrogens is 853 g/mol. The maximum absolute atomic E-state index is 14.7. The van der Waals surface area contributed by atoms with Crippen molar-refractivity contribution in [2.45, 2.75) is 153 Å². The van der Waals surface area contributed by atoms with Crippen molar-refractivity contribution in [2.75, 3.05) is 59.6 Å². The smallest absolute Gasteiger partial charge is 0.351 e. The zero-order valence-corrected chi connectivity index (χ0v) is 38.9. The van der Waals surface area contributed by atoms with E-state index in [2.05, 4.69) is 26.9 Å². The molecule has 360 valence electrons. The van der Waals surface area contributed by atoms with Crippen molar-refractivity contribution in [1.29, 1.82) is 0 Å². The monoisotopic (exact) mass is 922 g/mol. The van der Waals surface area contributed by atoms with Crippen molar-refractivity contribution >= 4 is 36.7 Å². The van der Waals surface area contributed by atoms with Crippen molar-refractivity contribution in [3.05, 3.63) is 39.4 Å². The first-order valence-corrected chi connectivity index (χ1v) is 24.1. The fourth-order valence-electron chi connectivity index (χ4n) is 8.81. The molecule has 5 rings (SSSR count). The molecule has 5 N–H and O–H groups in total. The Labute approximate surface area is 374 Å². The average Bonchev–Trinajstić information content (AvgIpc) is 3.94. The fourth-order valence-corrected chi connectivity index (χ4v) is 9.45. The van der Waals surface area contributed by atoms with Crippen LogP contribution in [0, 0.1) is 5.92 Å². The van der Waals surface area contributed by atoms with Crippen molar-refractivity contribution in [1.82, 2.24) is 34.0 Å². The number of rotatable bonds is 29. The van der Waals surface area contributed by atoms with Gasteiger partial charge in [-0.3, -0.25) is 28.3 Å². The van der Waals surface area contributed by atoms with E-state index in [-0.39, 0.29) is 48.4 Å². The summed E-state index contributed by atoms with van der Waals surface area (Å²) >= 11 is 0. The maximum Gasteiger partial charge on any atom is 0.351 e. The minimum absolute atomic E-state index is 0.0302. The second kappa shape index (κ2) is 25.2. The quantitative estimate of drug-likeness (QED) is 0.0649. The van der Waals surface area contributed by atoms with Crippen LogP contribution in [0.25, 0.3) is 11.2 Å². The lowest BCUT2D eigenvalue weighted by molar-refractivity contribution is -0.231. The van der Waals surface area contributed by atoms with Gasteiger partial charge >= 0.3 is 5.69 Å². The summed E-state index contributed by atoms with van der Waals surface area (Å²) in [5, 5.41) is 0. The Balaban J connectivity index is 1.33. The van der Waals surface area contributed by atoms with Gasteiger partial charge in [-0.1, -0.05) is 96.8 Å². The summed E-state index contributed by atoms with van der Waals surface area (Å²) in [6.45, 7) is 2.51. The van der Waals surface area contributed by atoms with Crippen molar-refractivity contribution in [3.63, 3.8) is 0 Å². The summed E-state index contributed by atoms with van der Waals surface area (Å²) in [6, 6.07) is 1.47. The highest BCUT2D eigenvalue weighted by Crippen LogP contribution is 2.46. The van der Waals surface area contributed by atoms with E-state index in [0.29, 0.717) is 13.0 Å². The number of hydrogen-bond acceptors (Lipinski definition) is 17. The van der Waals surface area contributed by atoms with Crippen LogP contribution < -0.4 is 27.6 Å². The van der Waals surface area contributed by atoms with Gasteiger partial charge in [-0.05, 0) is 12.5 Å². The van der Waals surface area contributed by atoms with Gasteiger partial charge in [0, 0.05) is 60.1 Å². The number of phosphoric acid groups is 1. The first kappa shape index (κ1) is 51.2. The summed E-state index contributed by atoms with van der Waals surface area (Å²) < 4.78 is 56.0. The summed E-state index contributed by atoms with van der Waals surface area (Å²) in [4.78, 5) is 69.6. The molecule has 1 amide bonds. The molecule has 2 fully saturated rings. The molecule has 2 aliphatic rings. The minimum Gasteiger partial charge on any atom is -0.756 e. The first-order chi connectivity index (χ1) is 30.9. The molecule has 5 heterocycles. The van der Waals surface area contributed by atoms with Crippen molar-refractivity contribution in [3.8, 4) is 0 Å². The number of methoxy groups -OCH3 is 3. The lowest BCUT2D eigenvalue weighted by atomic mass is 9.93. The van der Waals surface area contributed by atoms with E-state index >= 15 is 0 Å². The molecule has 9 atom stereocenters. The Morgan fingerprint density at radius 1 is 0.844 bits per heavy atom. The normalized spacial score (nSPS) is 24.4. The highest BCUT2D eigenvalue weighted by atomic mass is 31.2. The van der Waals surface area contributed by atoms with E-state index in [1.807, 2.05) is 0 Å². The predicted octanol–water partition coefficient (Wildman–Crippen LogP) is 4.22. The van der Waals surface area contributed by atoms with Gasteiger partial charge in [0.15, 0.2) is 23.6 Å². The van der Waals surface area contributed by atoms with Crippen LogP contribution in [-0.4, -0.2) is 119 Å². The molecule has 3 aromatic rings. The Bertz CT molecular complexity index is 2070. The van der Waals surface area contributed by atoms with Crippen LogP contribution in [-0.2, 0) is 42.1 Å². The predicted molar refractivity (Wildman–Crippen MR) is 236 cm³/mol. The lowest BCUT2D eigenvalue weighted by Gasteiger charge is -2.33. The number of phosphoric ester groups is 1. The average molecular weight is 923 g/mol. The van der Waals surface area contributed by atoms with E-state index in [4.69, 9.17) is 44.2 Å². The number of imidazole rings is 1. The Hall–Kier alpha value is -3.79. The maximum atomic E-state index is 14.7. The largest absolute Gasteiger partial charge is 0.756 e. The minimum atomic E-state index is -4.91. The van der Waals surface area contributed by atoms with Gasteiger partial charge in [-0.25, -0.2) is 9.78 Å². The third kappa shape index (κ3) is 13.6. The molecule has 0 aliphatic carbocycles. The number of carbonyl (C=O) groups is 1. The SMILES string of the molecule is CCCCCCCCCCCCCCCCCN(C[C@H]1O[C@@H](n2cnc3c(=O)[nH]c(N)nc32)C(OC)C1OP(=O)([O-])OC)C(=O)CC1C(OC)[C@H](n2ccc(N)nc2=O)O[C@@H]1COC. The zero-order chi connectivity index (χ0) is 46.2. The van der Waals surface area contributed by atoms with Gasteiger partial charge in [0.2, 0.25) is 11.9 Å². The van der Waals surface area contributed by atoms with E-state index < -0.39 is 68.0 Å². The Kier molecular flexibility index (Phi) is 20.2. The van der Waals surface area contributed by atoms with Gasteiger partial charge in [0.25, 0.3) is 13.4 Å². The van der Waals surface area contributed by atoms with E-state index in [1.165, 1.54) is 113 Å². The summed E-state index contributed by atoms with van der Waals surface area (Å²) in [7, 11) is 0.402. The number of anilines is 2. The van der Waals surface area contributed by atoms with E-state index in [0.717, 1.165) is 32.8 Å². The first-order valence-electron chi connectivity index (χ1n) is 22.6. The molecule has 3 aromatic heterocycles. The number of H-pyrrole nitrogens is 1. The molecule has 5 unspecified atom stereocenters. The van der Waals surface area contributed by atoms with Crippen LogP contribution in [0.1, 0.15) is 122 Å². The summed E-state index contributed by atoms with van der Waals surface area (Å²) in [5.41, 5.74) is 10.4. The van der Waals surface area contributed by atoms with Gasteiger partial charge in [-0.15, -0.1) is 0 Å². The number of nitrogens with one attached hydrogen (secondary N) is 1. The number of amides is 1. The number of nitrogens with two attached hydrogens (primary N) is 2. The van der Waals surface area contributed by atoms with E-state index in [1.54, 1.807) is 4.90 Å². The highest BCUT2D eigenvalue weighted by molar-refractivity contribution is 7.45. The molecule has 0 radical (unpaired) electrons. The van der Waals surface area contributed by atoms with Crippen molar-refractivity contribution < 1.29 is 47.0 Å². The number of unbranched alkanes of at least 4 members (excludes halogenated alkanes) is 14. The van der Waals surface area contributed by atoms with Crippen LogP contribution in [0.5, 0.6) is 0 Å². The van der Waals surface area contributed by atoms with Crippen LogP contribution in [0.4, 0.5) is 11.8 Å². The number of aromatic nitrogens is 6. The number of aromatic amines is 1. The third-order valence-corrected chi connectivity index (χ3v) is 13.1. The van der Waals surface area contributed by atoms with Crippen LogP contribution in [0.15, 0.2) is 28.2 Å².